The molecule has 1 rings (SSSR count). The lowest BCUT2D eigenvalue weighted by molar-refractivity contribution is -0.122. The van der Waals surface area contributed by atoms with E-state index in [9.17, 15) is 4.79 Å². The molecule has 0 bridgehead atoms. The molecular weight excluding hydrogens is 192 g/mol. The third-order valence-electron chi connectivity index (χ3n) is 2.31. The van der Waals surface area contributed by atoms with Gasteiger partial charge in [0.2, 0.25) is 5.91 Å². The predicted octanol–water partition coefficient (Wildman–Crippen LogP) is 1.02. The van der Waals surface area contributed by atoms with Crippen LogP contribution >= 0.6 is 0 Å². The second-order valence-corrected chi connectivity index (χ2v) is 4.37. The highest BCUT2D eigenvalue weighted by Crippen LogP contribution is 2.22. The van der Waals surface area contributed by atoms with E-state index in [4.69, 9.17) is 10.2 Å². The normalized spacial score (nSPS) is 13.6. The number of nitrogens with two attached hydrogens (primary N) is 1. The summed E-state index contributed by atoms with van der Waals surface area (Å²) < 4.78 is 5.31. The van der Waals surface area contributed by atoms with Crippen LogP contribution in [-0.2, 0) is 10.2 Å². The maximum Gasteiger partial charge on any atom is 0.236 e. The minimum Gasteiger partial charge on any atom is -0.469 e. The van der Waals surface area contributed by atoms with Gasteiger partial charge in [0, 0.05) is 12.0 Å². The van der Waals surface area contributed by atoms with Gasteiger partial charge < -0.3 is 15.5 Å². The second-order valence-electron chi connectivity index (χ2n) is 4.37. The van der Waals surface area contributed by atoms with E-state index in [2.05, 4.69) is 5.32 Å². The average Bonchev–Trinajstić information content (AvgIpc) is 2.67. The molecule has 0 spiro atoms. The van der Waals surface area contributed by atoms with Crippen LogP contribution in [0.15, 0.2) is 22.8 Å². The van der Waals surface area contributed by atoms with Crippen LogP contribution in [0.4, 0.5) is 0 Å². The SMILES string of the molecule is CC(N)C(=O)NCC(C)(C)c1ccco1. The molecule has 84 valence electrons. The summed E-state index contributed by atoms with van der Waals surface area (Å²) >= 11 is 0. The molecule has 4 heteroatoms. The topological polar surface area (TPSA) is 68.3 Å². The maximum atomic E-state index is 11.3. The van der Waals surface area contributed by atoms with E-state index in [-0.39, 0.29) is 11.3 Å². The molecule has 1 atom stereocenters. The first kappa shape index (κ1) is 11.8. The van der Waals surface area contributed by atoms with Crippen molar-refractivity contribution in [3.05, 3.63) is 24.2 Å². The summed E-state index contributed by atoms with van der Waals surface area (Å²) in [6.07, 6.45) is 1.63. The van der Waals surface area contributed by atoms with E-state index in [0.29, 0.717) is 6.54 Å². The molecule has 0 fully saturated rings. The highest BCUT2D eigenvalue weighted by atomic mass is 16.3. The van der Waals surface area contributed by atoms with Gasteiger partial charge in [-0.15, -0.1) is 0 Å². The molecule has 0 aliphatic carbocycles. The number of nitrogens with one attached hydrogen (secondary N) is 1. The number of amides is 1. The van der Waals surface area contributed by atoms with Crippen LogP contribution in [-0.4, -0.2) is 18.5 Å². The number of rotatable bonds is 4. The van der Waals surface area contributed by atoms with E-state index in [0.717, 1.165) is 5.76 Å². The van der Waals surface area contributed by atoms with Crippen molar-refractivity contribution < 1.29 is 9.21 Å². The van der Waals surface area contributed by atoms with E-state index in [1.54, 1.807) is 13.2 Å². The zero-order valence-corrected chi connectivity index (χ0v) is 9.41. The summed E-state index contributed by atoms with van der Waals surface area (Å²) in [6, 6.07) is 3.26. The molecule has 1 heterocycles. The fourth-order valence-corrected chi connectivity index (χ4v) is 1.22. The lowest BCUT2D eigenvalue weighted by atomic mass is 9.90. The van der Waals surface area contributed by atoms with Crippen molar-refractivity contribution in [2.24, 2.45) is 5.73 Å². The minimum absolute atomic E-state index is 0.144. The van der Waals surface area contributed by atoms with Gasteiger partial charge in [-0.1, -0.05) is 13.8 Å². The van der Waals surface area contributed by atoms with E-state index in [1.165, 1.54) is 0 Å². The minimum atomic E-state index is -0.475. The lowest BCUT2D eigenvalue weighted by Crippen LogP contribution is -2.43. The largest absolute Gasteiger partial charge is 0.469 e. The maximum absolute atomic E-state index is 11.3. The van der Waals surface area contributed by atoms with Gasteiger partial charge in [-0.3, -0.25) is 4.79 Å². The molecule has 1 aromatic rings. The van der Waals surface area contributed by atoms with Crippen molar-refractivity contribution in [3.63, 3.8) is 0 Å². The molecule has 3 N–H and O–H groups in total. The second kappa shape index (κ2) is 4.49. The molecule has 15 heavy (non-hydrogen) atoms. The molecule has 1 aromatic heterocycles. The predicted molar refractivity (Wildman–Crippen MR) is 58.4 cm³/mol. The molecule has 1 amide bonds. The van der Waals surface area contributed by atoms with Gasteiger partial charge in [0.15, 0.2) is 0 Å². The number of hydrogen-bond donors (Lipinski definition) is 2. The molecule has 0 radical (unpaired) electrons. The summed E-state index contributed by atoms with van der Waals surface area (Å²) in [6.45, 7) is 6.19. The van der Waals surface area contributed by atoms with Crippen molar-refractivity contribution in [2.45, 2.75) is 32.2 Å². The monoisotopic (exact) mass is 210 g/mol. The fourth-order valence-electron chi connectivity index (χ4n) is 1.22. The van der Waals surface area contributed by atoms with Gasteiger partial charge in [-0.05, 0) is 19.1 Å². The summed E-state index contributed by atoms with van der Waals surface area (Å²) in [4.78, 5) is 11.3. The van der Waals surface area contributed by atoms with Crippen LogP contribution in [0.2, 0.25) is 0 Å². The van der Waals surface area contributed by atoms with Crippen molar-refractivity contribution in [3.8, 4) is 0 Å². The first-order valence-electron chi connectivity index (χ1n) is 5.01. The smallest absolute Gasteiger partial charge is 0.236 e. The van der Waals surface area contributed by atoms with Gasteiger partial charge in [-0.25, -0.2) is 0 Å². The molecule has 0 aromatic carbocycles. The Bertz CT molecular complexity index is 315. The number of furan rings is 1. The molecule has 4 nitrogen and oxygen atoms in total. The summed E-state index contributed by atoms with van der Waals surface area (Å²) in [7, 11) is 0. The molecule has 0 saturated carbocycles. The summed E-state index contributed by atoms with van der Waals surface area (Å²) in [5.74, 6) is 0.710. The molecule has 0 aliphatic heterocycles. The Morgan fingerprint density at radius 1 is 1.67 bits per heavy atom. The third-order valence-corrected chi connectivity index (χ3v) is 2.31. The van der Waals surface area contributed by atoms with Gasteiger partial charge in [0.25, 0.3) is 0 Å². The van der Waals surface area contributed by atoms with Crippen LogP contribution in [0.25, 0.3) is 0 Å². The van der Waals surface area contributed by atoms with Gasteiger partial charge in [0.1, 0.15) is 5.76 Å². The first-order chi connectivity index (χ1) is 6.93. The third kappa shape index (κ3) is 3.09. The van der Waals surface area contributed by atoms with Crippen LogP contribution in [0.1, 0.15) is 26.5 Å². The van der Waals surface area contributed by atoms with Gasteiger partial charge in [-0.2, -0.15) is 0 Å². The first-order valence-corrected chi connectivity index (χ1v) is 5.01. The average molecular weight is 210 g/mol. The zero-order valence-electron chi connectivity index (χ0n) is 9.41. The fraction of sp³-hybridized carbons (Fsp3) is 0.545. The number of hydrogen-bond acceptors (Lipinski definition) is 3. The summed E-state index contributed by atoms with van der Waals surface area (Å²) in [5.41, 5.74) is 5.23. The lowest BCUT2D eigenvalue weighted by Gasteiger charge is -2.22. The van der Waals surface area contributed by atoms with E-state index in [1.807, 2.05) is 26.0 Å². The van der Waals surface area contributed by atoms with Gasteiger partial charge in [0.05, 0.1) is 12.3 Å². The van der Waals surface area contributed by atoms with E-state index < -0.39 is 6.04 Å². The number of carbonyl (C=O) groups is 1. The Hall–Kier alpha value is -1.29. The highest BCUT2D eigenvalue weighted by molar-refractivity contribution is 5.81. The highest BCUT2D eigenvalue weighted by Gasteiger charge is 2.24. The zero-order chi connectivity index (χ0) is 11.5. The van der Waals surface area contributed by atoms with E-state index >= 15 is 0 Å². The number of carbonyl (C=O) groups excluding carboxylic acids is 1. The van der Waals surface area contributed by atoms with Crippen LogP contribution < -0.4 is 11.1 Å². The molecule has 0 saturated heterocycles. The molecule has 1 unspecified atom stereocenters. The standard InChI is InChI=1S/C11H18N2O2/c1-8(12)10(14)13-7-11(2,3)9-5-4-6-15-9/h4-6,8H,7,12H2,1-3H3,(H,13,14). The Morgan fingerprint density at radius 3 is 2.80 bits per heavy atom. The summed E-state index contributed by atoms with van der Waals surface area (Å²) in [5, 5.41) is 2.79. The van der Waals surface area contributed by atoms with Crippen LogP contribution in [0.5, 0.6) is 0 Å². The van der Waals surface area contributed by atoms with Crippen LogP contribution in [0.3, 0.4) is 0 Å². The quantitative estimate of drug-likeness (QED) is 0.779. The van der Waals surface area contributed by atoms with Crippen molar-refractivity contribution in [2.75, 3.05) is 6.54 Å². The molecular formula is C11H18N2O2. The Morgan fingerprint density at radius 2 is 2.33 bits per heavy atom. The molecule has 0 aliphatic rings. The van der Waals surface area contributed by atoms with Crippen LogP contribution in [0, 0.1) is 0 Å². The Kier molecular flexibility index (Phi) is 3.52. The van der Waals surface area contributed by atoms with Gasteiger partial charge >= 0.3 is 0 Å². The Balaban J connectivity index is 2.54. The van der Waals surface area contributed by atoms with Crippen molar-refractivity contribution in [1.29, 1.82) is 0 Å². The van der Waals surface area contributed by atoms with Crippen molar-refractivity contribution in [1.82, 2.24) is 5.32 Å². The van der Waals surface area contributed by atoms with Crippen molar-refractivity contribution >= 4 is 5.91 Å². The Labute approximate surface area is 89.8 Å².